The highest BCUT2D eigenvalue weighted by molar-refractivity contribution is 5.87. The van der Waals surface area contributed by atoms with Crippen LogP contribution in [0.5, 0.6) is 0 Å². The number of hydrogen-bond acceptors (Lipinski definition) is 3. The molecule has 5 nitrogen and oxygen atoms in total. The highest BCUT2D eigenvalue weighted by Gasteiger charge is 2.34. The number of likely N-dealkylation sites (N-methyl/N-ethyl adjacent to an activating group) is 1. The van der Waals surface area contributed by atoms with E-state index >= 15 is 0 Å². The third-order valence-electron chi connectivity index (χ3n) is 4.17. The van der Waals surface area contributed by atoms with Gasteiger partial charge in [0.2, 0.25) is 11.8 Å². The van der Waals surface area contributed by atoms with E-state index < -0.39 is 0 Å². The van der Waals surface area contributed by atoms with Gasteiger partial charge in [0.25, 0.3) is 0 Å². The number of carbonyl (C=O) groups excluding carboxylic acids is 2. The van der Waals surface area contributed by atoms with Crippen LogP contribution in [-0.2, 0) is 9.59 Å². The first kappa shape index (κ1) is 13.3. The van der Waals surface area contributed by atoms with Gasteiger partial charge in [-0.05, 0) is 31.6 Å². The maximum Gasteiger partial charge on any atom is 0.239 e. The van der Waals surface area contributed by atoms with Gasteiger partial charge in [-0.25, -0.2) is 0 Å². The first-order valence-corrected chi connectivity index (χ1v) is 6.95. The maximum absolute atomic E-state index is 11.9. The summed E-state index contributed by atoms with van der Waals surface area (Å²) >= 11 is 0. The van der Waals surface area contributed by atoms with E-state index in [-0.39, 0.29) is 24.4 Å². The molecule has 0 aromatic heterocycles. The molecule has 2 rings (SSSR count). The molecule has 2 amide bonds. The molecule has 1 saturated carbocycles. The maximum atomic E-state index is 11.9. The molecule has 0 aromatic carbocycles. The Bertz CT molecular complexity index is 319. The lowest BCUT2D eigenvalue weighted by Crippen LogP contribution is -2.55. The van der Waals surface area contributed by atoms with E-state index in [4.69, 9.17) is 0 Å². The Morgan fingerprint density at radius 1 is 1.17 bits per heavy atom. The average molecular weight is 253 g/mol. The number of carbonyl (C=O) groups is 2. The zero-order chi connectivity index (χ0) is 13.0. The van der Waals surface area contributed by atoms with E-state index in [0.717, 1.165) is 18.8 Å². The molecule has 1 aliphatic heterocycles. The van der Waals surface area contributed by atoms with Gasteiger partial charge in [-0.1, -0.05) is 12.8 Å². The molecule has 18 heavy (non-hydrogen) atoms. The van der Waals surface area contributed by atoms with Crippen molar-refractivity contribution >= 4 is 11.8 Å². The fraction of sp³-hybridized carbons (Fsp3) is 0.846. The highest BCUT2D eigenvalue weighted by atomic mass is 16.2. The summed E-state index contributed by atoms with van der Waals surface area (Å²) in [5, 5.41) is 8.63. The van der Waals surface area contributed by atoms with E-state index in [2.05, 4.69) is 16.0 Å². The summed E-state index contributed by atoms with van der Waals surface area (Å²) in [5.74, 6) is 0.555. The van der Waals surface area contributed by atoms with Crippen LogP contribution < -0.4 is 16.0 Å². The number of fused-ring (bicyclic) bond motifs is 1. The van der Waals surface area contributed by atoms with Gasteiger partial charge in [0.05, 0.1) is 12.6 Å². The van der Waals surface area contributed by atoms with E-state index in [1.54, 1.807) is 7.05 Å². The van der Waals surface area contributed by atoms with Crippen molar-refractivity contribution in [1.29, 1.82) is 0 Å². The fourth-order valence-electron chi connectivity index (χ4n) is 3.08. The Kier molecular flexibility index (Phi) is 4.58. The van der Waals surface area contributed by atoms with Crippen LogP contribution in [0.4, 0.5) is 0 Å². The quantitative estimate of drug-likeness (QED) is 0.671. The largest absolute Gasteiger partial charge is 0.358 e. The number of hydrogen-bond donors (Lipinski definition) is 3. The van der Waals surface area contributed by atoms with E-state index in [1.165, 1.54) is 25.7 Å². The lowest BCUT2D eigenvalue weighted by Gasteiger charge is -2.39. The van der Waals surface area contributed by atoms with Crippen LogP contribution in [0, 0.1) is 5.92 Å². The second-order valence-corrected chi connectivity index (χ2v) is 5.34. The molecule has 1 saturated heterocycles. The molecule has 2 aliphatic rings. The van der Waals surface area contributed by atoms with Gasteiger partial charge in [-0.3, -0.25) is 9.59 Å². The van der Waals surface area contributed by atoms with Gasteiger partial charge in [0, 0.05) is 13.1 Å². The van der Waals surface area contributed by atoms with Crippen molar-refractivity contribution < 1.29 is 9.59 Å². The Morgan fingerprint density at radius 3 is 2.72 bits per heavy atom. The highest BCUT2D eigenvalue weighted by Crippen LogP contribution is 2.32. The van der Waals surface area contributed by atoms with Crippen LogP contribution in [0.15, 0.2) is 0 Å². The van der Waals surface area contributed by atoms with Gasteiger partial charge in [-0.2, -0.15) is 0 Å². The number of nitrogens with one attached hydrogen (secondary N) is 3. The van der Waals surface area contributed by atoms with Crippen LogP contribution in [0.25, 0.3) is 0 Å². The van der Waals surface area contributed by atoms with Crippen LogP contribution in [0.1, 0.15) is 38.5 Å². The van der Waals surface area contributed by atoms with Crippen LogP contribution in [0.2, 0.25) is 0 Å². The third kappa shape index (κ3) is 3.22. The first-order chi connectivity index (χ1) is 8.70. The standard InChI is InChI=1S/C13H23N3O2/c1-14-12(17)8-15-13(18)11-7-6-9-4-2-3-5-10(9)16-11/h9-11,16H,2-8H2,1H3,(H,14,17)(H,15,18). The number of rotatable bonds is 3. The van der Waals surface area contributed by atoms with Gasteiger partial charge in [0.15, 0.2) is 0 Å². The molecule has 0 spiro atoms. The van der Waals surface area contributed by atoms with Gasteiger partial charge >= 0.3 is 0 Å². The summed E-state index contributed by atoms with van der Waals surface area (Å²) in [6, 6.07) is 0.386. The Labute approximate surface area is 108 Å². The van der Waals surface area contributed by atoms with Gasteiger partial charge in [-0.15, -0.1) is 0 Å². The van der Waals surface area contributed by atoms with E-state index in [9.17, 15) is 9.59 Å². The number of amides is 2. The molecule has 0 aromatic rings. The van der Waals surface area contributed by atoms with E-state index in [0.29, 0.717) is 6.04 Å². The molecule has 3 unspecified atom stereocenters. The van der Waals surface area contributed by atoms with Crippen molar-refractivity contribution in [3.05, 3.63) is 0 Å². The molecule has 1 heterocycles. The minimum Gasteiger partial charge on any atom is -0.358 e. The zero-order valence-corrected chi connectivity index (χ0v) is 11.0. The molecule has 0 bridgehead atoms. The predicted molar refractivity (Wildman–Crippen MR) is 69.0 cm³/mol. The molecule has 102 valence electrons. The molecular weight excluding hydrogens is 230 g/mol. The second kappa shape index (κ2) is 6.18. The van der Waals surface area contributed by atoms with E-state index in [1.807, 2.05) is 0 Å². The Morgan fingerprint density at radius 2 is 1.94 bits per heavy atom. The molecule has 1 aliphatic carbocycles. The van der Waals surface area contributed by atoms with Crippen molar-refractivity contribution in [2.75, 3.05) is 13.6 Å². The molecule has 3 N–H and O–H groups in total. The number of piperidine rings is 1. The van der Waals surface area contributed by atoms with Crippen molar-refractivity contribution in [1.82, 2.24) is 16.0 Å². The monoisotopic (exact) mass is 253 g/mol. The molecule has 0 radical (unpaired) electrons. The minimum absolute atomic E-state index is 0.0392. The lowest BCUT2D eigenvalue weighted by molar-refractivity contribution is -0.128. The van der Waals surface area contributed by atoms with Crippen molar-refractivity contribution in [2.45, 2.75) is 50.6 Å². The molecule has 3 atom stereocenters. The van der Waals surface area contributed by atoms with Gasteiger partial charge < -0.3 is 16.0 Å². The normalized spacial score (nSPS) is 31.3. The molecule has 5 heteroatoms. The minimum atomic E-state index is -0.158. The Hall–Kier alpha value is -1.10. The fourth-order valence-corrected chi connectivity index (χ4v) is 3.08. The summed E-state index contributed by atoms with van der Waals surface area (Å²) in [6.07, 6.45) is 7.10. The van der Waals surface area contributed by atoms with Crippen LogP contribution in [0.3, 0.4) is 0 Å². The SMILES string of the molecule is CNC(=O)CNC(=O)C1CCC2CCCCC2N1. The lowest BCUT2D eigenvalue weighted by atomic mass is 9.77. The molecule has 2 fully saturated rings. The summed E-state index contributed by atoms with van der Waals surface area (Å²) in [7, 11) is 1.57. The van der Waals surface area contributed by atoms with Crippen molar-refractivity contribution in [3.63, 3.8) is 0 Å². The summed E-state index contributed by atoms with van der Waals surface area (Å²) in [5.41, 5.74) is 0. The van der Waals surface area contributed by atoms with Crippen LogP contribution in [-0.4, -0.2) is 37.5 Å². The second-order valence-electron chi connectivity index (χ2n) is 5.34. The third-order valence-corrected chi connectivity index (χ3v) is 4.17. The summed E-state index contributed by atoms with van der Waals surface area (Å²) in [4.78, 5) is 23.0. The predicted octanol–water partition coefficient (Wildman–Crippen LogP) is 0.159. The average Bonchev–Trinajstić information content (AvgIpc) is 2.43. The summed E-state index contributed by atoms with van der Waals surface area (Å²) in [6.45, 7) is 0.0710. The molecular formula is C13H23N3O2. The summed E-state index contributed by atoms with van der Waals surface area (Å²) < 4.78 is 0. The topological polar surface area (TPSA) is 70.2 Å². The first-order valence-electron chi connectivity index (χ1n) is 6.95. The smallest absolute Gasteiger partial charge is 0.239 e. The van der Waals surface area contributed by atoms with Crippen molar-refractivity contribution in [3.8, 4) is 0 Å². The van der Waals surface area contributed by atoms with Gasteiger partial charge in [0.1, 0.15) is 0 Å². The zero-order valence-electron chi connectivity index (χ0n) is 11.0. The van der Waals surface area contributed by atoms with Crippen LogP contribution >= 0.6 is 0 Å². The Balaban J connectivity index is 1.79. The van der Waals surface area contributed by atoms with Crippen molar-refractivity contribution in [2.24, 2.45) is 5.92 Å².